The molecule has 2 aromatic carbocycles. The number of carbonyl (C=O) groups is 2. The lowest BCUT2D eigenvalue weighted by molar-refractivity contribution is 0.0747. The van der Waals surface area contributed by atoms with Crippen molar-refractivity contribution in [1.29, 1.82) is 0 Å². The quantitative estimate of drug-likeness (QED) is 0.782. The van der Waals surface area contributed by atoms with E-state index in [0.717, 1.165) is 25.9 Å². The third-order valence-corrected chi connectivity index (χ3v) is 5.12. The Morgan fingerprint density at radius 2 is 1.68 bits per heavy atom. The molecule has 0 atom stereocenters. The fourth-order valence-electron chi connectivity index (χ4n) is 3.45. The van der Waals surface area contributed by atoms with E-state index in [1.165, 1.54) is 11.3 Å². The van der Waals surface area contributed by atoms with E-state index in [4.69, 9.17) is 0 Å². The molecule has 5 nitrogen and oxygen atoms in total. The van der Waals surface area contributed by atoms with Crippen LogP contribution in [0.5, 0.6) is 0 Å². The predicted octanol–water partition coefficient (Wildman–Crippen LogP) is 3.49. The van der Waals surface area contributed by atoms with Crippen molar-refractivity contribution in [3.63, 3.8) is 0 Å². The van der Waals surface area contributed by atoms with Crippen LogP contribution in [0, 0.1) is 6.92 Å². The van der Waals surface area contributed by atoms with Crippen molar-refractivity contribution in [1.82, 2.24) is 10.2 Å². The SMILES string of the molecule is CCCCNC(=O)c1cccc(C(=O)N2CCN(c3cccc(C)c3)CC2)c1. The molecule has 2 aromatic rings. The molecule has 0 spiro atoms. The van der Waals surface area contributed by atoms with Crippen molar-refractivity contribution < 1.29 is 9.59 Å². The van der Waals surface area contributed by atoms with Crippen LogP contribution in [0.15, 0.2) is 48.5 Å². The number of rotatable bonds is 6. The van der Waals surface area contributed by atoms with Crippen LogP contribution in [0.2, 0.25) is 0 Å². The molecule has 0 radical (unpaired) electrons. The van der Waals surface area contributed by atoms with E-state index in [0.29, 0.717) is 30.8 Å². The molecule has 0 aromatic heterocycles. The first-order valence-electron chi connectivity index (χ1n) is 10.1. The topological polar surface area (TPSA) is 52.7 Å². The minimum atomic E-state index is -0.118. The molecule has 1 heterocycles. The van der Waals surface area contributed by atoms with E-state index in [9.17, 15) is 9.59 Å². The highest BCUT2D eigenvalue weighted by atomic mass is 16.2. The molecule has 3 rings (SSSR count). The number of hydrogen-bond donors (Lipinski definition) is 1. The molecule has 28 heavy (non-hydrogen) atoms. The first-order chi connectivity index (χ1) is 13.6. The van der Waals surface area contributed by atoms with Crippen molar-refractivity contribution in [2.75, 3.05) is 37.6 Å². The fourth-order valence-corrected chi connectivity index (χ4v) is 3.45. The molecule has 0 aliphatic carbocycles. The van der Waals surface area contributed by atoms with E-state index in [1.54, 1.807) is 24.3 Å². The van der Waals surface area contributed by atoms with Gasteiger partial charge in [0.05, 0.1) is 0 Å². The zero-order valence-corrected chi connectivity index (χ0v) is 16.8. The molecule has 1 aliphatic heterocycles. The summed E-state index contributed by atoms with van der Waals surface area (Å²) in [5, 5.41) is 2.90. The summed E-state index contributed by atoms with van der Waals surface area (Å²) in [6.45, 7) is 7.82. The molecule has 148 valence electrons. The largest absolute Gasteiger partial charge is 0.368 e. The summed E-state index contributed by atoms with van der Waals surface area (Å²) in [5.41, 5.74) is 3.57. The van der Waals surface area contributed by atoms with Crippen LogP contribution in [0.4, 0.5) is 5.69 Å². The van der Waals surface area contributed by atoms with Gasteiger partial charge in [0, 0.05) is 49.5 Å². The second-order valence-electron chi connectivity index (χ2n) is 7.31. The number of benzene rings is 2. The van der Waals surface area contributed by atoms with Gasteiger partial charge in [0.1, 0.15) is 0 Å². The molecule has 1 N–H and O–H groups in total. The van der Waals surface area contributed by atoms with Gasteiger partial charge in [-0.2, -0.15) is 0 Å². The molecular weight excluding hydrogens is 350 g/mol. The van der Waals surface area contributed by atoms with Crippen molar-refractivity contribution >= 4 is 17.5 Å². The normalized spacial score (nSPS) is 14.1. The minimum Gasteiger partial charge on any atom is -0.368 e. The summed E-state index contributed by atoms with van der Waals surface area (Å²) in [6.07, 6.45) is 1.99. The molecular formula is C23H29N3O2. The zero-order chi connectivity index (χ0) is 19.9. The number of nitrogens with zero attached hydrogens (tertiary/aromatic N) is 2. The Balaban J connectivity index is 1.60. The molecule has 0 bridgehead atoms. The Morgan fingerprint density at radius 3 is 2.39 bits per heavy atom. The molecule has 1 saturated heterocycles. The second kappa shape index (κ2) is 9.40. The molecule has 5 heteroatoms. The summed E-state index contributed by atoms with van der Waals surface area (Å²) >= 11 is 0. The van der Waals surface area contributed by atoms with Gasteiger partial charge >= 0.3 is 0 Å². The van der Waals surface area contributed by atoms with E-state index in [-0.39, 0.29) is 11.8 Å². The van der Waals surface area contributed by atoms with Crippen molar-refractivity contribution in [3.05, 3.63) is 65.2 Å². The summed E-state index contributed by atoms with van der Waals surface area (Å²) in [7, 11) is 0. The summed E-state index contributed by atoms with van der Waals surface area (Å²) < 4.78 is 0. The van der Waals surface area contributed by atoms with E-state index in [1.807, 2.05) is 4.90 Å². The number of amides is 2. The lowest BCUT2D eigenvalue weighted by atomic mass is 10.1. The van der Waals surface area contributed by atoms with Gasteiger partial charge in [-0.25, -0.2) is 0 Å². The minimum absolute atomic E-state index is 0.00731. The summed E-state index contributed by atoms with van der Waals surface area (Å²) in [6, 6.07) is 15.5. The van der Waals surface area contributed by atoms with Crippen LogP contribution < -0.4 is 10.2 Å². The average molecular weight is 380 g/mol. The third-order valence-electron chi connectivity index (χ3n) is 5.12. The second-order valence-corrected chi connectivity index (χ2v) is 7.31. The van der Waals surface area contributed by atoms with Gasteiger partial charge in [-0.1, -0.05) is 31.5 Å². The standard InChI is InChI=1S/C23H29N3O2/c1-3-4-11-24-22(27)19-8-6-9-20(17-19)23(28)26-14-12-25(13-15-26)21-10-5-7-18(2)16-21/h5-10,16-17H,3-4,11-15H2,1-2H3,(H,24,27). The Morgan fingerprint density at radius 1 is 0.964 bits per heavy atom. The number of nitrogens with one attached hydrogen (secondary N) is 1. The van der Waals surface area contributed by atoms with Crippen molar-refractivity contribution in [2.45, 2.75) is 26.7 Å². The number of hydrogen-bond acceptors (Lipinski definition) is 3. The summed E-state index contributed by atoms with van der Waals surface area (Å²) in [5.74, 6) is -0.125. The predicted molar refractivity (Wildman–Crippen MR) is 113 cm³/mol. The number of aryl methyl sites for hydroxylation is 1. The van der Waals surface area contributed by atoms with Gasteiger partial charge in [-0.15, -0.1) is 0 Å². The number of anilines is 1. The highest BCUT2D eigenvalue weighted by molar-refractivity contribution is 5.99. The Bertz CT molecular complexity index is 826. The van der Waals surface area contributed by atoms with E-state index in [2.05, 4.69) is 48.3 Å². The maximum absolute atomic E-state index is 12.9. The first-order valence-corrected chi connectivity index (χ1v) is 10.1. The first kappa shape index (κ1) is 19.9. The Labute approximate surface area is 167 Å². The van der Waals surface area contributed by atoms with Crippen LogP contribution >= 0.6 is 0 Å². The lowest BCUT2D eigenvalue weighted by Gasteiger charge is -2.36. The van der Waals surface area contributed by atoms with Gasteiger partial charge in [-0.05, 0) is 49.2 Å². The number of carbonyl (C=O) groups excluding carboxylic acids is 2. The molecule has 1 aliphatic rings. The molecule has 0 saturated carbocycles. The van der Waals surface area contributed by atoms with Crippen molar-refractivity contribution in [2.24, 2.45) is 0 Å². The van der Waals surface area contributed by atoms with Crippen LogP contribution in [0.25, 0.3) is 0 Å². The van der Waals surface area contributed by atoms with Crippen LogP contribution in [-0.2, 0) is 0 Å². The van der Waals surface area contributed by atoms with E-state index >= 15 is 0 Å². The third kappa shape index (κ3) is 4.91. The molecule has 2 amide bonds. The molecule has 1 fully saturated rings. The van der Waals surface area contributed by atoms with Crippen LogP contribution in [0.3, 0.4) is 0 Å². The summed E-state index contributed by atoms with van der Waals surface area (Å²) in [4.78, 5) is 29.4. The number of unbranched alkanes of at least 4 members (excludes halogenated alkanes) is 1. The highest BCUT2D eigenvalue weighted by Gasteiger charge is 2.23. The fraction of sp³-hybridized carbons (Fsp3) is 0.391. The lowest BCUT2D eigenvalue weighted by Crippen LogP contribution is -2.48. The maximum Gasteiger partial charge on any atom is 0.253 e. The van der Waals surface area contributed by atoms with Gasteiger partial charge < -0.3 is 15.1 Å². The van der Waals surface area contributed by atoms with Crippen molar-refractivity contribution in [3.8, 4) is 0 Å². The average Bonchev–Trinajstić information content (AvgIpc) is 2.73. The molecule has 0 unspecified atom stereocenters. The monoisotopic (exact) mass is 379 g/mol. The van der Waals surface area contributed by atoms with Gasteiger partial charge in [0.2, 0.25) is 0 Å². The van der Waals surface area contributed by atoms with Gasteiger partial charge in [0.15, 0.2) is 0 Å². The van der Waals surface area contributed by atoms with Gasteiger partial charge in [0.25, 0.3) is 11.8 Å². The smallest absolute Gasteiger partial charge is 0.253 e. The Hall–Kier alpha value is -2.82. The zero-order valence-electron chi connectivity index (χ0n) is 16.8. The Kier molecular flexibility index (Phi) is 6.69. The van der Waals surface area contributed by atoms with Crippen LogP contribution in [-0.4, -0.2) is 49.4 Å². The van der Waals surface area contributed by atoms with E-state index < -0.39 is 0 Å². The highest BCUT2D eigenvalue weighted by Crippen LogP contribution is 2.19. The number of piperazine rings is 1. The maximum atomic E-state index is 12.9. The van der Waals surface area contributed by atoms with Crippen LogP contribution in [0.1, 0.15) is 46.0 Å². The van der Waals surface area contributed by atoms with Gasteiger partial charge in [-0.3, -0.25) is 9.59 Å².